The number of pyridine rings is 1. The first-order valence-electron chi connectivity index (χ1n) is 10.9. The third kappa shape index (κ3) is 6.43. The normalized spacial score (nSPS) is 11.2. The van der Waals surface area contributed by atoms with Gasteiger partial charge in [-0.05, 0) is 28.8 Å². The number of nitrogens with zero attached hydrogens (tertiary/aromatic N) is 4. The molecule has 0 spiro atoms. The van der Waals surface area contributed by atoms with Crippen LogP contribution < -0.4 is 15.4 Å². The van der Waals surface area contributed by atoms with Gasteiger partial charge in [-0.1, -0.05) is 60.7 Å². The maximum atomic E-state index is 5.96. The summed E-state index contributed by atoms with van der Waals surface area (Å²) in [5, 5.41) is 11.1. The molecule has 0 amide bonds. The maximum Gasteiger partial charge on any atom is 0.218 e. The number of hydrogen-bond acceptors (Lipinski definition) is 4. The van der Waals surface area contributed by atoms with E-state index in [2.05, 4.69) is 43.9 Å². The fourth-order valence-electron chi connectivity index (χ4n) is 3.45. The molecule has 2 N–H and O–H groups in total. The Morgan fingerprint density at radius 3 is 2.33 bits per heavy atom. The quantitative estimate of drug-likeness (QED) is 0.306. The van der Waals surface area contributed by atoms with Crippen LogP contribution in [0, 0.1) is 0 Å². The van der Waals surface area contributed by atoms with E-state index in [4.69, 9.17) is 4.74 Å². The number of aliphatic imine (C=N–C) groups is 1. The van der Waals surface area contributed by atoms with E-state index in [1.165, 1.54) is 11.1 Å². The molecule has 0 aliphatic rings. The van der Waals surface area contributed by atoms with Crippen molar-refractivity contribution in [1.82, 2.24) is 25.4 Å². The van der Waals surface area contributed by atoms with Crippen molar-refractivity contribution in [2.24, 2.45) is 4.99 Å². The summed E-state index contributed by atoms with van der Waals surface area (Å²) in [7, 11) is 1.76. The molecule has 2 aromatic heterocycles. The topological polar surface area (TPSA) is 76.4 Å². The minimum absolute atomic E-state index is 0.477. The van der Waals surface area contributed by atoms with Crippen LogP contribution in [-0.4, -0.2) is 27.8 Å². The summed E-state index contributed by atoms with van der Waals surface area (Å²) in [4.78, 5) is 8.77. The summed E-state index contributed by atoms with van der Waals surface area (Å²) < 4.78 is 7.89. The fourth-order valence-corrected chi connectivity index (χ4v) is 3.45. The van der Waals surface area contributed by atoms with Gasteiger partial charge in [0, 0.05) is 44.3 Å². The van der Waals surface area contributed by atoms with Crippen LogP contribution in [0.1, 0.15) is 22.3 Å². The predicted octanol–water partition coefficient (Wildman–Crippen LogP) is 3.77. The molecule has 0 saturated heterocycles. The molecule has 4 aromatic rings. The molecule has 0 radical (unpaired) electrons. The molecule has 0 aliphatic heterocycles. The van der Waals surface area contributed by atoms with Crippen LogP contribution >= 0.6 is 0 Å². The number of ether oxygens (including phenoxy) is 1. The average molecular weight is 441 g/mol. The van der Waals surface area contributed by atoms with Crippen molar-refractivity contribution in [2.45, 2.75) is 26.2 Å². The average Bonchev–Trinajstić information content (AvgIpc) is 3.38. The van der Waals surface area contributed by atoms with Gasteiger partial charge in [-0.2, -0.15) is 5.10 Å². The molecule has 7 heteroatoms. The molecule has 33 heavy (non-hydrogen) atoms. The van der Waals surface area contributed by atoms with Crippen LogP contribution in [0.3, 0.4) is 0 Å². The Kier molecular flexibility index (Phi) is 7.68. The molecule has 0 unspecified atom stereocenters. The van der Waals surface area contributed by atoms with Crippen molar-refractivity contribution in [1.29, 1.82) is 0 Å². The van der Waals surface area contributed by atoms with Crippen molar-refractivity contribution < 1.29 is 4.74 Å². The summed E-state index contributed by atoms with van der Waals surface area (Å²) in [6, 6.07) is 24.3. The van der Waals surface area contributed by atoms with E-state index >= 15 is 0 Å². The Morgan fingerprint density at radius 2 is 1.58 bits per heavy atom. The standard InChI is InChI=1S/C26H28N6O/c1-27-26(29-17-22-11-5-6-12-24(22)19-32-16-8-15-31-32)30-18-23-13-7-14-28-25(23)33-20-21-9-3-2-4-10-21/h2-16H,17-20H2,1H3,(H2,27,29,30). The van der Waals surface area contributed by atoms with E-state index in [-0.39, 0.29) is 0 Å². The fraction of sp³-hybridized carbons (Fsp3) is 0.192. The van der Waals surface area contributed by atoms with Gasteiger partial charge >= 0.3 is 0 Å². The lowest BCUT2D eigenvalue weighted by Gasteiger charge is -2.15. The molecule has 7 nitrogen and oxygen atoms in total. The smallest absolute Gasteiger partial charge is 0.218 e. The second-order valence-corrected chi connectivity index (χ2v) is 7.49. The first kappa shape index (κ1) is 22.1. The monoisotopic (exact) mass is 440 g/mol. The van der Waals surface area contributed by atoms with Crippen LogP contribution in [0.25, 0.3) is 0 Å². The van der Waals surface area contributed by atoms with E-state index in [1.807, 2.05) is 65.5 Å². The summed E-state index contributed by atoms with van der Waals surface area (Å²) in [6.07, 6.45) is 5.51. The highest BCUT2D eigenvalue weighted by molar-refractivity contribution is 5.79. The highest BCUT2D eigenvalue weighted by atomic mass is 16.5. The Labute approximate surface area is 194 Å². The first-order valence-corrected chi connectivity index (χ1v) is 10.9. The summed E-state index contributed by atoms with van der Waals surface area (Å²) in [6.45, 7) is 2.41. The second kappa shape index (κ2) is 11.5. The van der Waals surface area contributed by atoms with E-state index in [0.29, 0.717) is 31.5 Å². The molecular formula is C26H28N6O. The third-order valence-corrected chi connectivity index (χ3v) is 5.19. The largest absolute Gasteiger partial charge is 0.473 e. The van der Waals surface area contributed by atoms with Crippen LogP contribution in [-0.2, 0) is 26.2 Å². The SMILES string of the molecule is CN=C(NCc1ccccc1Cn1cccn1)NCc1cccnc1OCc1ccccc1. The number of nitrogens with one attached hydrogen (secondary N) is 2. The molecule has 168 valence electrons. The van der Waals surface area contributed by atoms with Crippen molar-refractivity contribution in [3.63, 3.8) is 0 Å². The van der Waals surface area contributed by atoms with Crippen LogP contribution in [0.15, 0.2) is 96.4 Å². The lowest BCUT2D eigenvalue weighted by Crippen LogP contribution is -2.36. The Bertz CT molecular complexity index is 1160. The van der Waals surface area contributed by atoms with E-state index < -0.39 is 0 Å². The molecule has 2 heterocycles. The molecule has 0 bridgehead atoms. The minimum atomic E-state index is 0.477. The molecule has 0 saturated carbocycles. The molecule has 0 aliphatic carbocycles. The zero-order chi connectivity index (χ0) is 22.7. The number of aromatic nitrogens is 3. The zero-order valence-corrected chi connectivity index (χ0v) is 18.7. The van der Waals surface area contributed by atoms with E-state index in [1.54, 1.807) is 19.4 Å². The van der Waals surface area contributed by atoms with Crippen molar-refractivity contribution in [3.05, 3.63) is 114 Å². The number of benzene rings is 2. The number of rotatable bonds is 9. The van der Waals surface area contributed by atoms with Crippen molar-refractivity contribution in [3.8, 4) is 5.88 Å². The number of hydrogen-bond donors (Lipinski definition) is 2. The lowest BCUT2D eigenvalue weighted by atomic mass is 10.1. The molecule has 0 atom stereocenters. The maximum absolute atomic E-state index is 5.96. The van der Waals surface area contributed by atoms with Crippen molar-refractivity contribution in [2.75, 3.05) is 7.05 Å². The molecular weight excluding hydrogens is 412 g/mol. The van der Waals surface area contributed by atoms with Gasteiger partial charge in [0.05, 0.1) is 6.54 Å². The number of guanidine groups is 1. The Balaban J connectivity index is 1.34. The minimum Gasteiger partial charge on any atom is -0.473 e. The van der Waals surface area contributed by atoms with Gasteiger partial charge in [0.1, 0.15) is 6.61 Å². The Morgan fingerprint density at radius 1 is 0.848 bits per heavy atom. The lowest BCUT2D eigenvalue weighted by molar-refractivity contribution is 0.290. The first-order chi connectivity index (χ1) is 16.3. The molecule has 2 aromatic carbocycles. The Hall–Kier alpha value is -4.13. The van der Waals surface area contributed by atoms with Gasteiger partial charge in [0.2, 0.25) is 5.88 Å². The van der Waals surface area contributed by atoms with Gasteiger partial charge < -0.3 is 15.4 Å². The van der Waals surface area contributed by atoms with E-state index in [9.17, 15) is 0 Å². The summed E-state index contributed by atoms with van der Waals surface area (Å²) >= 11 is 0. The van der Waals surface area contributed by atoms with Crippen LogP contribution in [0.4, 0.5) is 0 Å². The van der Waals surface area contributed by atoms with Crippen molar-refractivity contribution >= 4 is 5.96 Å². The molecule has 0 fully saturated rings. The van der Waals surface area contributed by atoms with E-state index in [0.717, 1.165) is 17.7 Å². The second-order valence-electron chi connectivity index (χ2n) is 7.49. The molecule has 4 rings (SSSR count). The third-order valence-electron chi connectivity index (χ3n) is 5.19. The highest BCUT2D eigenvalue weighted by Gasteiger charge is 2.08. The highest BCUT2D eigenvalue weighted by Crippen LogP contribution is 2.16. The van der Waals surface area contributed by atoms with Gasteiger partial charge in [-0.3, -0.25) is 9.67 Å². The van der Waals surface area contributed by atoms with Gasteiger partial charge in [0.25, 0.3) is 0 Å². The summed E-state index contributed by atoms with van der Waals surface area (Å²) in [5.41, 5.74) is 4.49. The zero-order valence-electron chi connectivity index (χ0n) is 18.7. The van der Waals surface area contributed by atoms with Gasteiger partial charge in [-0.15, -0.1) is 0 Å². The van der Waals surface area contributed by atoms with Gasteiger partial charge in [-0.25, -0.2) is 4.98 Å². The predicted molar refractivity (Wildman–Crippen MR) is 130 cm³/mol. The van der Waals surface area contributed by atoms with Crippen LogP contribution in [0.5, 0.6) is 5.88 Å². The van der Waals surface area contributed by atoms with Crippen LogP contribution in [0.2, 0.25) is 0 Å². The van der Waals surface area contributed by atoms with Gasteiger partial charge in [0.15, 0.2) is 5.96 Å². The summed E-state index contributed by atoms with van der Waals surface area (Å²) in [5.74, 6) is 1.33.